The molecule has 62 valence electrons. The monoisotopic (exact) mass is 157 g/mol. The van der Waals surface area contributed by atoms with Gasteiger partial charge in [-0.15, -0.1) is 0 Å². The molecule has 1 aliphatic heterocycles. The van der Waals surface area contributed by atoms with Crippen LogP contribution in [-0.4, -0.2) is 29.6 Å². The maximum atomic E-state index is 10.3. The Kier molecular flexibility index (Phi) is 2.43. The lowest BCUT2D eigenvalue weighted by Crippen LogP contribution is -2.39. The maximum Gasteiger partial charge on any atom is 0.275 e. The summed E-state index contributed by atoms with van der Waals surface area (Å²) in [5.74, 6) is 0. The quantitative estimate of drug-likeness (QED) is 0.452. The third kappa shape index (κ3) is 1.91. The van der Waals surface area contributed by atoms with Gasteiger partial charge in [-0.1, -0.05) is 6.92 Å². The van der Waals surface area contributed by atoms with Crippen LogP contribution in [0, 0.1) is 10.1 Å². The van der Waals surface area contributed by atoms with Crippen LogP contribution in [0.4, 0.5) is 0 Å². The molecule has 1 heterocycles. The fourth-order valence-corrected chi connectivity index (χ4v) is 0.957. The minimum Gasteiger partial charge on any atom is -0.373 e. The molecular weight excluding hydrogens is 146 g/mol. The topological polar surface area (TPSA) is 58.4 Å². The number of rotatable bonds is 2. The molecule has 1 N–H and O–H groups in total. The summed E-state index contributed by atoms with van der Waals surface area (Å²) in [6.45, 7) is 3.95. The van der Waals surface area contributed by atoms with Gasteiger partial charge in [0.2, 0.25) is 0 Å². The highest BCUT2D eigenvalue weighted by Gasteiger charge is 2.18. The zero-order chi connectivity index (χ0) is 8.27. The lowest BCUT2D eigenvalue weighted by atomic mass is 10.4. The Balaban J connectivity index is 2.55. The molecule has 5 nitrogen and oxygen atoms in total. The Labute approximate surface area is 64.8 Å². The molecule has 1 aliphatic rings. The molecule has 0 fully saturated rings. The van der Waals surface area contributed by atoms with Crippen molar-refractivity contribution in [3.05, 3.63) is 22.0 Å². The highest BCUT2D eigenvalue weighted by molar-refractivity contribution is 4.96. The Bertz CT molecular complexity index is 190. The van der Waals surface area contributed by atoms with E-state index in [2.05, 4.69) is 5.32 Å². The van der Waals surface area contributed by atoms with Crippen molar-refractivity contribution in [1.29, 1.82) is 0 Å². The van der Waals surface area contributed by atoms with Crippen molar-refractivity contribution in [3.63, 3.8) is 0 Å². The standard InChI is InChI=1S/C6H11N3O2/c1-2-8-4-6(9(10)11)3-7-5-8/h3,7H,2,4-5H2,1H3. The van der Waals surface area contributed by atoms with Crippen LogP contribution in [0.2, 0.25) is 0 Å². The summed E-state index contributed by atoms with van der Waals surface area (Å²) in [7, 11) is 0. The summed E-state index contributed by atoms with van der Waals surface area (Å²) in [6, 6.07) is 0. The Morgan fingerprint density at radius 1 is 1.91 bits per heavy atom. The molecule has 0 aromatic rings. The van der Waals surface area contributed by atoms with Crippen molar-refractivity contribution in [3.8, 4) is 0 Å². The van der Waals surface area contributed by atoms with Crippen molar-refractivity contribution in [2.75, 3.05) is 19.8 Å². The van der Waals surface area contributed by atoms with Gasteiger partial charge in [0.25, 0.3) is 5.70 Å². The second-order valence-electron chi connectivity index (χ2n) is 2.40. The highest BCUT2D eigenvalue weighted by Crippen LogP contribution is 2.02. The SMILES string of the molecule is CCN1CNC=C([N+](=O)[O-])C1. The molecule has 0 spiro atoms. The number of nitrogens with zero attached hydrogens (tertiary/aromatic N) is 2. The molecule has 11 heavy (non-hydrogen) atoms. The summed E-state index contributed by atoms with van der Waals surface area (Å²) in [4.78, 5) is 11.9. The second kappa shape index (κ2) is 3.34. The third-order valence-corrected chi connectivity index (χ3v) is 1.65. The van der Waals surface area contributed by atoms with Crippen LogP contribution in [0.15, 0.2) is 11.9 Å². The van der Waals surface area contributed by atoms with Crippen LogP contribution in [0.3, 0.4) is 0 Å². The molecular formula is C6H11N3O2. The molecule has 0 atom stereocenters. The fraction of sp³-hybridized carbons (Fsp3) is 0.667. The van der Waals surface area contributed by atoms with Crippen LogP contribution in [-0.2, 0) is 0 Å². The molecule has 0 aromatic heterocycles. The molecule has 0 saturated heterocycles. The van der Waals surface area contributed by atoms with Gasteiger partial charge in [0.05, 0.1) is 24.3 Å². The summed E-state index contributed by atoms with van der Waals surface area (Å²) in [5.41, 5.74) is 0.234. The van der Waals surface area contributed by atoms with E-state index < -0.39 is 0 Å². The van der Waals surface area contributed by atoms with Gasteiger partial charge in [0.1, 0.15) is 0 Å². The molecule has 0 unspecified atom stereocenters. The molecule has 0 radical (unpaired) electrons. The third-order valence-electron chi connectivity index (χ3n) is 1.65. The maximum absolute atomic E-state index is 10.3. The van der Waals surface area contributed by atoms with Crippen molar-refractivity contribution in [1.82, 2.24) is 10.2 Å². The second-order valence-corrected chi connectivity index (χ2v) is 2.40. The van der Waals surface area contributed by atoms with E-state index in [0.29, 0.717) is 13.2 Å². The fourth-order valence-electron chi connectivity index (χ4n) is 0.957. The molecule has 0 bridgehead atoms. The molecule has 1 rings (SSSR count). The molecule has 0 aliphatic carbocycles. The van der Waals surface area contributed by atoms with E-state index in [1.807, 2.05) is 11.8 Å². The predicted molar refractivity (Wildman–Crippen MR) is 40.3 cm³/mol. The van der Waals surface area contributed by atoms with Crippen LogP contribution in [0.25, 0.3) is 0 Å². The van der Waals surface area contributed by atoms with E-state index in [1.54, 1.807) is 0 Å². The van der Waals surface area contributed by atoms with Gasteiger partial charge < -0.3 is 5.32 Å². The van der Waals surface area contributed by atoms with Crippen LogP contribution in [0.5, 0.6) is 0 Å². The largest absolute Gasteiger partial charge is 0.373 e. The van der Waals surface area contributed by atoms with Gasteiger partial charge in [-0.25, -0.2) is 0 Å². The smallest absolute Gasteiger partial charge is 0.275 e. The number of hydrogen-bond acceptors (Lipinski definition) is 4. The van der Waals surface area contributed by atoms with E-state index in [-0.39, 0.29) is 10.6 Å². The minimum absolute atomic E-state index is 0.234. The van der Waals surface area contributed by atoms with Gasteiger partial charge in [-0.2, -0.15) is 0 Å². The minimum atomic E-state index is -0.352. The van der Waals surface area contributed by atoms with Gasteiger partial charge >= 0.3 is 0 Å². The average Bonchev–Trinajstić information content (AvgIpc) is 2.05. The lowest BCUT2D eigenvalue weighted by Gasteiger charge is -2.22. The first-order valence-corrected chi connectivity index (χ1v) is 3.53. The van der Waals surface area contributed by atoms with Gasteiger partial charge in [0.15, 0.2) is 0 Å². The first-order valence-electron chi connectivity index (χ1n) is 3.53. The van der Waals surface area contributed by atoms with E-state index in [9.17, 15) is 10.1 Å². The Morgan fingerprint density at radius 2 is 2.64 bits per heavy atom. The predicted octanol–water partition coefficient (Wildman–Crippen LogP) is -0.0129. The summed E-state index contributed by atoms with van der Waals surface area (Å²) in [6.07, 6.45) is 1.46. The van der Waals surface area contributed by atoms with Gasteiger partial charge in [-0.05, 0) is 6.54 Å². The van der Waals surface area contributed by atoms with E-state index in [0.717, 1.165) is 6.54 Å². The average molecular weight is 157 g/mol. The Morgan fingerprint density at radius 3 is 3.18 bits per heavy atom. The molecule has 0 aromatic carbocycles. The lowest BCUT2D eigenvalue weighted by molar-refractivity contribution is -0.429. The van der Waals surface area contributed by atoms with Crippen LogP contribution >= 0.6 is 0 Å². The molecule has 0 saturated carbocycles. The first kappa shape index (κ1) is 8.00. The summed E-state index contributed by atoms with van der Waals surface area (Å²) >= 11 is 0. The van der Waals surface area contributed by atoms with Crippen molar-refractivity contribution in [2.24, 2.45) is 0 Å². The zero-order valence-electron chi connectivity index (χ0n) is 6.41. The van der Waals surface area contributed by atoms with Crippen molar-refractivity contribution in [2.45, 2.75) is 6.92 Å². The van der Waals surface area contributed by atoms with E-state index in [1.165, 1.54) is 6.20 Å². The Hall–Kier alpha value is -1.10. The van der Waals surface area contributed by atoms with Crippen molar-refractivity contribution >= 4 is 0 Å². The number of hydrogen-bond donors (Lipinski definition) is 1. The summed E-state index contributed by atoms with van der Waals surface area (Å²) in [5, 5.41) is 13.1. The summed E-state index contributed by atoms with van der Waals surface area (Å²) < 4.78 is 0. The zero-order valence-corrected chi connectivity index (χ0v) is 6.41. The van der Waals surface area contributed by atoms with Gasteiger partial charge in [0, 0.05) is 0 Å². The molecule has 0 amide bonds. The number of nitrogens with one attached hydrogen (secondary N) is 1. The highest BCUT2D eigenvalue weighted by atomic mass is 16.6. The van der Waals surface area contributed by atoms with Crippen LogP contribution in [0.1, 0.15) is 6.92 Å². The normalized spacial score (nSPS) is 18.8. The van der Waals surface area contributed by atoms with Gasteiger partial charge in [-0.3, -0.25) is 15.0 Å². The number of likely N-dealkylation sites (N-methyl/N-ethyl adjacent to an activating group) is 1. The molecule has 5 heteroatoms. The van der Waals surface area contributed by atoms with E-state index >= 15 is 0 Å². The first-order chi connectivity index (χ1) is 5.24. The van der Waals surface area contributed by atoms with E-state index in [4.69, 9.17) is 0 Å². The van der Waals surface area contributed by atoms with Crippen LogP contribution < -0.4 is 5.32 Å². The van der Waals surface area contributed by atoms with Crippen molar-refractivity contribution < 1.29 is 4.92 Å². The number of nitro groups is 1.